The molecule has 0 aliphatic heterocycles. The SMILES string of the molecule is C=C(/C=C\C)/C(=C\C)c1cc2c(C)cc(CC)nc2c2c1=CC=CCC=2. The zero-order valence-corrected chi connectivity index (χ0v) is 16.3. The summed E-state index contributed by atoms with van der Waals surface area (Å²) in [6.45, 7) is 12.7. The summed E-state index contributed by atoms with van der Waals surface area (Å²) in [5, 5.41) is 3.72. The van der Waals surface area contributed by atoms with Gasteiger partial charge < -0.3 is 0 Å². The molecule has 2 aromatic rings. The van der Waals surface area contributed by atoms with E-state index in [0.29, 0.717) is 0 Å². The molecule has 0 atom stereocenters. The number of rotatable bonds is 4. The quantitative estimate of drug-likeness (QED) is 0.700. The van der Waals surface area contributed by atoms with E-state index in [2.05, 4.69) is 75.9 Å². The van der Waals surface area contributed by atoms with E-state index >= 15 is 0 Å². The minimum Gasteiger partial charge on any atom is -0.252 e. The van der Waals surface area contributed by atoms with Crippen LogP contribution in [0.1, 0.15) is 44.0 Å². The molecule has 0 unspecified atom stereocenters. The van der Waals surface area contributed by atoms with E-state index in [0.717, 1.165) is 29.6 Å². The van der Waals surface area contributed by atoms with Crippen molar-refractivity contribution in [1.82, 2.24) is 4.98 Å². The van der Waals surface area contributed by atoms with Gasteiger partial charge in [0.2, 0.25) is 0 Å². The summed E-state index contributed by atoms with van der Waals surface area (Å²) in [4.78, 5) is 4.98. The third-order valence-corrected chi connectivity index (χ3v) is 4.95. The summed E-state index contributed by atoms with van der Waals surface area (Å²) >= 11 is 0. The lowest BCUT2D eigenvalue weighted by Crippen LogP contribution is -2.30. The molecule has 1 heterocycles. The van der Waals surface area contributed by atoms with Crippen molar-refractivity contribution in [2.45, 2.75) is 40.5 Å². The molecular weight excluding hydrogens is 314 g/mol. The van der Waals surface area contributed by atoms with Crippen LogP contribution in [0.4, 0.5) is 0 Å². The number of hydrogen-bond acceptors (Lipinski definition) is 1. The second-order valence-corrected chi connectivity index (χ2v) is 6.69. The molecule has 0 radical (unpaired) electrons. The Bertz CT molecular complexity index is 1080. The minimum atomic E-state index is 0.931. The third kappa shape index (κ3) is 3.22. The molecule has 1 aromatic heterocycles. The van der Waals surface area contributed by atoms with Gasteiger partial charge in [-0.25, -0.2) is 0 Å². The Morgan fingerprint density at radius 1 is 1.23 bits per heavy atom. The van der Waals surface area contributed by atoms with E-state index in [4.69, 9.17) is 4.98 Å². The number of allylic oxidation sites excluding steroid dienone is 7. The van der Waals surface area contributed by atoms with Gasteiger partial charge in [0, 0.05) is 16.3 Å². The highest BCUT2D eigenvalue weighted by Gasteiger charge is 2.12. The second kappa shape index (κ2) is 7.70. The Morgan fingerprint density at radius 3 is 2.73 bits per heavy atom. The first-order valence-electron chi connectivity index (χ1n) is 9.39. The van der Waals surface area contributed by atoms with Gasteiger partial charge in [0.1, 0.15) is 0 Å². The van der Waals surface area contributed by atoms with Gasteiger partial charge in [0.05, 0.1) is 5.52 Å². The van der Waals surface area contributed by atoms with Gasteiger partial charge in [-0.05, 0) is 73.2 Å². The van der Waals surface area contributed by atoms with Crippen molar-refractivity contribution in [3.63, 3.8) is 0 Å². The highest BCUT2D eigenvalue weighted by atomic mass is 14.7. The predicted molar refractivity (Wildman–Crippen MR) is 115 cm³/mol. The summed E-state index contributed by atoms with van der Waals surface area (Å²) in [7, 11) is 0. The normalized spacial score (nSPS) is 14.1. The van der Waals surface area contributed by atoms with Gasteiger partial charge in [-0.3, -0.25) is 4.98 Å². The van der Waals surface area contributed by atoms with Crippen LogP contribution in [0.2, 0.25) is 0 Å². The van der Waals surface area contributed by atoms with Crippen LogP contribution in [-0.4, -0.2) is 4.98 Å². The fourth-order valence-electron chi connectivity index (χ4n) is 3.66. The number of benzene rings is 1. The smallest absolute Gasteiger partial charge is 0.0783 e. The fraction of sp³-hybridized carbons (Fsp3) is 0.240. The van der Waals surface area contributed by atoms with Gasteiger partial charge in [0.15, 0.2) is 0 Å². The molecule has 0 spiro atoms. The molecule has 1 heteroatoms. The molecule has 1 aliphatic carbocycles. The van der Waals surface area contributed by atoms with Crippen molar-refractivity contribution >= 4 is 28.6 Å². The third-order valence-electron chi connectivity index (χ3n) is 4.95. The maximum absolute atomic E-state index is 4.98. The molecule has 0 saturated carbocycles. The van der Waals surface area contributed by atoms with Crippen LogP contribution in [0.15, 0.2) is 54.7 Å². The van der Waals surface area contributed by atoms with Gasteiger partial charge in [-0.2, -0.15) is 0 Å². The number of nitrogens with zero attached hydrogens (tertiary/aromatic N) is 1. The average molecular weight is 341 g/mol. The maximum atomic E-state index is 4.98. The summed E-state index contributed by atoms with van der Waals surface area (Å²) in [5.41, 5.74) is 7.01. The molecule has 0 bridgehead atoms. The molecule has 3 rings (SSSR count). The van der Waals surface area contributed by atoms with E-state index in [1.54, 1.807) is 0 Å². The minimum absolute atomic E-state index is 0.931. The Kier molecular flexibility index (Phi) is 5.37. The van der Waals surface area contributed by atoms with Crippen LogP contribution in [-0.2, 0) is 6.42 Å². The monoisotopic (exact) mass is 341 g/mol. The fourth-order valence-corrected chi connectivity index (χ4v) is 3.66. The van der Waals surface area contributed by atoms with Crippen molar-refractivity contribution < 1.29 is 0 Å². The summed E-state index contributed by atoms with van der Waals surface area (Å²) in [5.74, 6) is 0. The zero-order chi connectivity index (χ0) is 18.7. The Balaban J connectivity index is 2.48. The van der Waals surface area contributed by atoms with E-state index < -0.39 is 0 Å². The molecule has 1 nitrogen and oxygen atoms in total. The molecule has 0 fully saturated rings. The van der Waals surface area contributed by atoms with E-state index in [1.165, 1.54) is 32.5 Å². The molecule has 0 N–H and O–H groups in total. The van der Waals surface area contributed by atoms with Crippen LogP contribution in [0.3, 0.4) is 0 Å². The molecule has 26 heavy (non-hydrogen) atoms. The van der Waals surface area contributed by atoms with Gasteiger partial charge in [0.25, 0.3) is 0 Å². The van der Waals surface area contributed by atoms with Crippen LogP contribution in [0, 0.1) is 6.92 Å². The summed E-state index contributed by atoms with van der Waals surface area (Å²) < 4.78 is 0. The Hall–Kier alpha value is -2.67. The van der Waals surface area contributed by atoms with Crippen molar-refractivity contribution in [3.05, 3.63) is 81.9 Å². The highest BCUT2D eigenvalue weighted by Crippen LogP contribution is 2.24. The van der Waals surface area contributed by atoms with Crippen LogP contribution < -0.4 is 10.4 Å². The lowest BCUT2D eigenvalue weighted by atomic mass is 9.92. The largest absolute Gasteiger partial charge is 0.252 e. The number of pyridine rings is 1. The average Bonchev–Trinajstić information content (AvgIpc) is 2.89. The van der Waals surface area contributed by atoms with Crippen LogP contribution in [0.25, 0.3) is 28.6 Å². The molecule has 0 amide bonds. The predicted octanol–water partition coefficient (Wildman–Crippen LogP) is 5.16. The van der Waals surface area contributed by atoms with Gasteiger partial charge >= 0.3 is 0 Å². The molecular formula is C25H27N. The number of aryl methyl sites for hydroxylation is 2. The molecule has 1 aliphatic rings. The van der Waals surface area contributed by atoms with Gasteiger partial charge in [-0.15, -0.1) is 0 Å². The first-order chi connectivity index (χ1) is 12.6. The summed E-state index contributed by atoms with van der Waals surface area (Å²) in [6.07, 6.45) is 17.0. The molecule has 132 valence electrons. The zero-order valence-electron chi connectivity index (χ0n) is 16.3. The lowest BCUT2D eigenvalue weighted by Gasteiger charge is -2.14. The van der Waals surface area contributed by atoms with Crippen molar-refractivity contribution in [2.75, 3.05) is 0 Å². The lowest BCUT2D eigenvalue weighted by molar-refractivity contribution is 1.05. The number of aromatic nitrogens is 1. The maximum Gasteiger partial charge on any atom is 0.0783 e. The van der Waals surface area contributed by atoms with Crippen molar-refractivity contribution in [2.24, 2.45) is 0 Å². The topological polar surface area (TPSA) is 12.9 Å². The van der Waals surface area contributed by atoms with Crippen molar-refractivity contribution in [1.29, 1.82) is 0 Å². The van der Waals surface area contributed by atoms with Gasteiger partial charge in [-0.1, -0.05) is 56.0 Å². The molecule has 1 aromatic carbocycles. The van der Waals surface area contributed by atoms with Crippen molar-refractivity contribution in [3.8, 4) is 0 Å². The van der Waals surface area contributed by atoms with E-state index in [9.17, 15) is 0 Å². The van der Waals surface area contributed by atoms with Crippen LogP contribution in [0.5, 0.6) is 0 Å². The molecule has 0 saturated heterocycles. The number of hydrogen-bond donors (Lipinski definition) is 0. The van der Waals surface area contributed by atoms with E-state index in [1.807, 2.05) is 13.0 Å². The first kappa shape index (κ1) is 18.1. The van der Waals surface area contributed by atoms with Crippen LogP contribution >= 0.6 is 0 Å². The second-order valence-electron chi connectivity index (χ2n) is 6.69. The highest BCUT2D eigenvalue weighted by molar-refractivity contribution is 5.91. The summed E-state index contributed by atoms with van der Waals surface area (Å²) in [6, 6.07) is 4.51. The standard InChI is InChI=1S/C25H27N/c1-6-12-17(4)20(8-3)24-16-23-18(5)15-19(7-2)26-25(23)22-14-11-9-10-13-21(22)24/h6,8-10,12-16H,4,7,11H2,1-3,5H3/b12-6-,20-8+. The number of fused-ring (bicyclic) bond motifs is 3. The Morgan fingerprint density at radius 2 is 2.04 bits per heavy atom. The van der Waals surface area contributed by atoms with E-state index in [-0.39, 0.29) is 0 Å². The Labute approximate surface area is 156 Å². The first-order valence-corrected chi connectivity index (χ1v) is 9.39.